The molecule has 0 heterocycles. The van der Waals surface area contributed by atoms with Crippen LogP contribution in [0, 0.1) is 5.82 Å². The third-order valence-corrected chi connectivity index (χ3v) is 2.89. The van der Waals surface area contributed by atoms with Crippen LogP contribution in [0.2, 0.25) is 0 Å². The molecule has 5 heteroatoms. The van der Waals surface area contributed by atoms with Crippen molar-refractivity contribution < 1.29 is 13.9 Å². The van der Waals surface area contributed by atoms with Crippen LogP contribution in [0.25, 0.3) is 0 Å². The molecule has 0 aliphatic heterocycles. The van der Waals surface area contributed by atoms with Crippen LogP contribution in [0.3, 0.4) is 0 Å². The van der Waals surface area contributed by atoms with Gasteiger partial charge in [0.15, 0.2) is 11.6 Å². The van der Waals surface area contributed by atoms with E-state index in [1.165, 1.54) is 6.07 Å². The summed E-state index contributed by atoms with van der Waals surface area (Å²) in [4.78, 5) is 0. The monoisotopic (exact) mass is 333 g/mol. The van der Waals surface area contributed by atoms with Crippen molar-refractivity contribution >= 4 is 15.9 Å². The molecule has 0 aliphatic rings. The molecule has 108 valence electrons. The highest BCUT2D eigenvalue weighted by Gasteiger charge is 2.17. The van der Waals surface area contributed by atoms with E-state index in [0.717, 1.165) is 0 Å². The molecule has 1 atom stereocenters. The van der Waals surface area contributed by atoms with Crippen molar-refractivity contribution in [3.8, 4) is 5.75 Å². The van der Waals surface area contributed by atoms with E-state index in [9.17, 15) is 4.39 Å². The Morgan fingerprint density at radius 2 is 2.05 bits per heavy atom. The first-order valence-electron chi connectivity index (χ1n) is 6.17. The molecule has 0 bridgehead atoms. The summed E-state index contributed by atoms with van der Waals surface area (Å²) in [5.41, 5.74) is -0.0202. The lowest BCUT2D eigenvalue weighted by atomic mass is 10.1. The Labute approximate surface area is 122 Å². The van der Waals surface area contributed by atoms with Crippen molar-refractivity contribution in [2.24, 2.45) is 0 Å². The number of benzene rings is 1. The van der Waals surface area contributed by atoms with Crippen molar-refractivity contribution in [3.05, 3.63) is 28.5 Å². The molecule has 1 N–H and O–H groups in total. The first-order valence-corrected chi connectivity index (χ1v) is 6.97. The van der Waals surface area contributed by atoms with Crippen LogP contribution in [0.5, 0.6) is 5.75 Å². The Kier molecular flexibility index (Phi) is 6.23. The maximum absolute atomic E-state index is 13.7. The summed E-state index contributed by atoms with van der Waals surface area (Å²) in [6, 6.07) is 4.75. The molecule has 1 rings (SSSR count). The lowest BCUT2D eigenvalue weighted by Crippen LogP contribution is -2.44. The van der Waals surface area contributed by atoms with Crippen molar-refractivity contribution in [2.45, 2.75) is 32.4 Å². The largest absolute Gasteiger partial charge is 0.484 e. The molecule has 0 spiro atoms. The highest BCUT2D eigenvalue weighted by Crippen LogP contribution is 2.22. The predicted molar refractivity (Wildman–Crippen MR) is 78.1 cm³/mol. The second-order valence-electron chi connectivity index (χ2n) is 5.40. The standard InChI is InChI=1S/C14H21BrFNO2/c1-14(2,3)17-8-11(9-18-4)19-13-6-5-10(15)7-12(13)16/h5-7,11,17H,8-9H2,1-4H3. The maximum atomic E-state index is 13.7. The number of hydrogen-bond acceptors (Lipinski definition) is 3. The number of hydrogen-bond donors (Lipinski definition) is 1. The number of ether oxygens (including phenoxy) is 2. The van der Waals surface area contributed by atoms with Crippen LogP contribution in [-0.2, 0) is 4.74 Å². The molecular formula is C14H21BrFNO2. The van der Waals surface area contributed by atoms with Gasteiger partial charge in [-0.25, -0.2) is 4.39 Å². The number of methoxy groups -OCH3 is 1. The van der Waals surface area contributed by atoms with Gasteiger partial charge in [-0.05, 0) is 39.0 Å². The minimum Gasteiger partial charge on any atom is -0.484 e. The Morgan fingerprint density at radius 1 is 1.37 bits per heavy atom. The molecule has 1 unspecified atom stereocenters. The van der Waals surface area contributed by atoms with Crippen LogP contribution in [0.15, 0.2) is 22.7 Å². The van der Waals surface area contributed by atoms with E-state index in [1.54, 1.807) is 19.2 Å². The summed E-state index contributed by atoms with van der Waals surface area (Å²) < 4.78 is 25.2. The van der Waals surface area contributed by atoms with E-state index < -0.39 is 0 Å². The van der Waals surface area contributed by atoms with Crippen LogP contribution < -0.4 is 10.1 Å². The zero-order valence-corrected chi connectivity index (χ0v) is 13.4. The SMILES string of the molecule is COCC(CNC(C)(C)C)Oc1ccc(Br)cc1F. The van der Waals surface area contributed by atoms with E-state index in [4.69, 9.17) is 9.47 Å². The highest BCUT2D eigenvalue weighted by atomic mass is 79.9. The van der Waals surface area contributed by atoms with E-state index in [1.807, 2.05) is 0 Å². The third kappa shape index (κ3) is 6.36. The smallest absolute Gasteiger partial charge is 0.166 e. The van der Waals surface area contributed by atoms with E-state index in [2.05, 4.69) is 42.0 Å². The Balaban J connectivity index is 2.67. The zero-order valence-electron chi connectivity index (χ0n) is 11.8. The van der Waals surface area contributed by atoms with Crippen LogP contribution in [0.1, 0.15) is 20.8 Å². The molecule has 0 aliphatic carbocycles. The molecule has 19 heavy (non-hydrogen) atoms. The van der Waals surface area contributed by atoms with Gasteiger partial charge in [-0.15, -0.1) is 0 Å². The predicted octanol–water partition coefficient (Wildman–Crippen LogP) is 3.37. The third-order valence-electron chi connectivity index (χ3n) is 2.40. The van der Waals surface area contributed by atoms with Crippen LogP contribution in [0.4, 0.5) is 4.39 Å². The van der Waals surface area contributed by atoms with E-state index in [-0.39, 0.29) is 23.2 Å². The van der Waals surface area contributed by atoms with Gasteiger partial charge in [0.2, 0.25) is 0 Å². The quantitative estimate of drug-likeness (QED) is 0.865. The van der Waals surface area contributed by atoms with Gasteiger partial charge in [-0.3, -0.25) is 0 Å². The summed E-state index contributed by atoms with van der Waals surface area (Å²) in [6.45, 7) is 7.19. The first-order chi connectivity index (χ1) is 8.81. The fourth-order valence-corrected chi connectivity index (χ4v) is 1.82. The number of nitrogens with one attached hydrogen (secondary N) is 1. The molecule has 0 saturated heterocycles. The molecule has 0 amide bonds. The minimum absolute atomic E-state index is 0.0202. The summed E-state index contributed by atoms with van der Waals surface area (Å²) in [5, 5.41) is 3.32. The molecule has 0 fully saturated rings. The minimum atomic E-state index is -0.383. The number of halogens is 2. The van der Waals surface area contributed by atoms with Crippen LogP contribution >= 0.6 is 15.9 Å². The zero-order chi connectivity index (χ0) is 14.5. The molecule has 0 radical (unpaired) electrons. The average Bonchev–Trinajstić information content (AvgIpc) is 2.28. The van der Waals surface area contributed by atoms with Crippen LogP contribution in [-0.4, -0.2) is 31.9 Å². The van der Waals surface area contributed by atoms with Gasteiger partial charge in [-0.1, -0.05) is 15.9 Å². The average molecular weight is 334 g/mol. The second kappa shape index (κ2) is 7.22. The lowest BCUT2D eigenvalue weighted by Gasteiger charge is -2.25. The van der Waals surface area contributed by atoms with Gasteiger partial charge in [0.1, 0.15) is 6.10 Å². The molecule has 0 saturated carbocycles. The van der Waals surface area contributed by atoms with Crippen molar-refractivity contribution in [1.82, 2.24) is 5.32 Å². The summed E-state index contributed by atoms with van der Waals surface area (Å²) in [7, 11) is 1.60. The Hall–Kier alpha value is -0.650. The van der Waals surface area contributed by atoms with E-state index in [0.29, 0.717) is 17.6 Å². The van der Waals surface area contributed by atoms with Gasteiger partial charge in [0.05, 0.1) is 6.61 Å². The molecule has 3 nitrogen and oxygen atoms in total. The highest BCUT2D eigenvalue weighted by molar-refractivity contribution is 9.10. The number of rotatable bonds is 6. The molecule has 1 aromatic carbocycles. The van der Waals surface area contributed by atoms with Gasteiger partial charge in [0.25, 0.3) is 0 Å². The fourth-order valence-electron chi connectivity index (χ4n) is 1.49. The fraction of sp³-hybridized carbons (Fsp3) is 0.571. The lowest BCUT2D eigenvalue weighted by molar-refractivity contribution is 0.0738. The van der Waals surface area contributed by atoms with Crippen molar-refractivity contribution in [2.75, 3.05) is 20.3 Å². The molecular weight excluding hydrogens is 313 g/mol. The molecule has 0 aromatic heterocycles. The van der Waals surface area contributed by atoms with Gasteiger partial charge >= 0.3 is 0 Å². The molecule has 1 aromatic rings. The first kappa shape index (κ1) is 16.4. The van der Waals surface area contributed by atoms with Gasteiger partial charge in [-0.2, -0.15) is 0 Å². The summed E-state index contributed by atoms with van der Waals surface area (Å²) in [5.74, 6) is -0.146. The van der Waals surface area contributed by atoms with Crippen molar-refractivity contribution in [1.29, 1.82) is 0 Å². The van der Waals surface area contributed by atoms with Crippen molar-refractivity contribution in [3.63, 3.8) is 0 Å². The topological polar surface area (TPSA) is 30.5 Å². The maximum Gasteiger partial charge on any atom is 0.166 e. The summed E-state index contributed by atoms with van der Waals surface area (Å²) >= 11 is 3.22. The van der Waals surface area contributed by atoms with Gasteiger partial charge < -0.3 is 14.8 Å². The normalized spacial score (nSPS) is 13.4. The van der Waals surface area contributed by atoms with E-state index >= 15 is 0 Å². The summed E-state index contributed by atoms with van der Waals surface area (Å²) in [6.07, 6.45) is -0.236. The Bertz CT molecular complexity index is 407. The second-order valence-corrected chi connectivity index (χ2v) is 6.32. The Morgan fingerprint density at radius 3 is 2.58 bits per heavy atom. The van der Waals surface area contributed by atoms with Gasteiger partial charge in [0, 0.05) is 23.7 Å².